The van der Waals surface area contributed by atoms with Crippen LogP contribution in [0.2, 0.25) is 5.02 Å². The van der Waals surface area contributed by atoms with Crippen molar-refractivity contribution in [2.75, 3.05) is 6.54 Å². The van der Waals surface area contributed by atoms with Gasteiger partial charge in [0.2, 0.25) is 0 Å². The van der Waals surface area contributed by atoms with E-state index in [0.29, 0.717) is 23.6 Å². The highest BCUT2D eigenvalue weighted by atomic mass is 35.5. The third kappa shape index (κ3) is 3.60. The number of nitrogens with zero attached hydrogens (tertiary/aromatic N) is 2. The van der Waals surface area contributed by atoms with Crippen LogP contribution in [-0.2, 0) is 13.0 Å². The van der Waals surface area contributed by atoms with Gasteiger partial charge in [0.05, 0.1) is 23.0 Å². The Hall–Kier alpha value is -1.46. The van der Waals surface area contributed by atoms with Crippen molar-refractivity contribution in [1.29, 1.82) is 0 Å². The summed E-state index contributed by atoms with van der Waals surface area (Å²) in [6.07, 6.45) is 2.12. The average molecular weight is 314 g/mol. The fourth-order valence-corrected chi connectivity index (χ4v) is 2.66. The molecule has 1 heterocycles. The molecule has 0 bridgehead atoms. The number of nitrogens with one attached hydrogen (secondary N) is 1. The van der Waals surface area contributed by atoms with Crippen molar-refractivity contribution in [2.24, 2.45) is 0 Å². The van der Waals surface area contributed by atoms with Crippen LogP contribution >= 0.6 is 11.6 Å². The van der Waals surface area contributed by atoms with Gasteiger partial charge in [-0.15, -0.1) is 0 Å². The molecule has 0 saturated carbocycles. The van der Waals surface area contributed by atoms with E-state index < -0.39 is 11.6 Å². The minimum Gasteiger partial charge on any atom is -0.309 e. The van der Waals surface area contributed by atoms with Crippen LogP contribution in [0.25, 0.3) is 0 Å². The van der Waals surface area contributed by atoms with E-state index in [1.165, 1.54) is 6.07 Å². The lowest BCUT2D eigenvalue weighted by Gasteiger charge is -2.20. The Kier molecular flexibility index (Phi) is 5.31. The molecule has 0 aliphatic heterocycles. The summed E-state index contributed by atoms with van der Waals surface area (Å²) in [5, 5.41) is 8.12. The second-order valence-electron chi connectivity index (χ2n) is 4.76. The van der Waals surface area contributed by atoms with E-state index in [1.807, 2.05) is 18.5 Å². The summed E-state index contributed by atoms with van der Waals surface area (Å²) in [6, 6.07) is 3.85. The van der Waals surface area contributed by atoms with Crippen LogP contribution in [0, 0.1) is 11.6 Å². The number of halogens is 3. The summed E-state index contributed by atoms with van der Waals surface area (Å²) in [7, 11) is 0. The molecule has 2 rings (SSSR count). The van der Waals surface area contributed by atoms with E-state index >= 15 is 0 Å². The highest BCUT2D eigenvalue weighted by Crippen LogP contribution is 2.26. The molecule has 0 amide bonds. The number of aromatic nitrogens is 2. The molecule has 0 fully saturated rings. The van der Waals surface area contributed by atoms with Gasteiger partial charge in [0, 0.05) is 6.54 Å². The van der Waals surface area contributed by atoms with E-state index in [9.17, 15) is 8.78 Å². The third-order valence-electron chi connectivity index (χ3n) is 3.34. The molecule has 1 atom stereocenters. The molecular formula is C15H18ClF2N3. The van der Waals surface area contributed by atoms with Crippen LogP contribution < -0.4 is 5.32 Å². The highest BCUT2D eigenvalue weighted by Gasteiger charge is 2.20. The molecule has 2 aromatic rings. The van der Waals surface area contributed by atoms with Crippen molar-refractivity contribution in [3.63, 3.8) is 0 Å². The number of hydrogen-bond acceptors (Lipinski definition) is 2. The second-order valence-corrected chi connectivity index (χ2v) is 5.16. The molecular weight excluding hydrogens is 296 g/mol. The molecule has 0 aliphatic rings. The number of hydrogen-bond donors (Lipinski definition) is 1. The quantitative estimate of drug-likeness (QED) is 0.880. The first kappa shape index (κ1) is 15.9. The Labute approximate surface area is 127 Å². The Bertz CT molecular complexity index is 613. The van der Waals surface area contributed by atoms with Crippen LogP contribution in [0.1, 0.15) is 31.1 Å². The first-order valence-electron chi connectivity index (χ1n) is 6.95. The summed E-state index contributed by atoms with van der Waals surface area (Å²) >= 11 is 6.22. The summed E-state index contributed by atoms with van der Waals surface area (Å²) < 4.78 is 28.2. The predicted octanol–water partition coefficient (Wildman–Crippen LogP) is 3.73. The molecule has 1 unspecified atom stereocenters. The SMILES string of the molecule is CCNC(Cc1ccc(F)c(F)c1)c1c(Cl)cnn1CC. The number of aryl methyl sites for hydroxylation is 1. The van der Waals surface area contributed by atoms with E-state index in [4.69, 9.17) is 11.6 Å². The molecule has 0 spiro atoms. The molecule has 0 saturated heterocycles. The van der Waals surface area contributed by atoms with E-state index in [2.05, 4.69) is 10.4 Å². The predicted molar refractivity (Wildman–Crippen MR) is 79.4 cm³/mol. The second kappa shape index (κ2) is 7.00. The monoisotopic (exact) mass is 313 g/mol. The van der Waals surface area contributed by atoms with Crippen molar-refractivity contribution in [2.45, 2.75) is 32.9 Å². The van der Waals surface area contributed by atoms with E-state index in [-0.39, 0.29) is 6.04 Å². The lowest BCUT2D eigenvalue weighted by molar-refractivity contribution is 0.483. The molecule has 1 aromatic carbocycles. The maximum Gasteiger partial charge on any atom is 0.159 e. The Morgan fingerprint density at radius 1 is 1.29 bits per heavy atom. The standard InChI is InChI=1S/C15H18ClF2N3/c1-3-19-14(15-11(16)9-20-21(15)4-2)8-10-5-6-12(17)13(18)7-10/h5-7,9,14,19H,3-4,8H2,1-2H3. The van der Waals surface area contributed by atoms with Crippen molar-refractivity contribution in [3.05, 3.63) is 52.3 Å². The van der Waals surface area contributed by atoms with Crippen molar-refractivity contribution < 1.29 is 8.78 Å². The zero-order chi connectivity index (χ0) is 15.4. The smallest absolute Gasteiger partial charge is 0.159 e. The van der Waals surface area contributed by atoms with Gasteiger partial charge in [0.1, 0.15) is 0 Å². The number of rotatable bonds is 6. The Morgan fingerprint density at radius 3 is 2.67 bits per heavy atom. The molecule has 0 radical (unpaired) electrons. The molecule has 21 heavy (non-hydrogen) atoms. The van der Waals surface area contributed by atoms with Crippen LogP contribution in [0.3, 0.4) is 0 Å². The Balaban J connectivity index is 2.30. The maximum absolute atomic E-state index is 13.3. The zero-order valence-electron chi connectivity index (χ0n) is 12.0. The number of benzene rings is 1. The first-order valence-corrected chi connectivity index (χ1v) is 7.33. The van der Waals surface area contributed by atoms with Gasteiger partial charge < -0.3 is 5.32 Å². The summed E-state index contributed by atoms with van der Waals surface area (Å²) in [4.78, 5) is 0. The lowest BCUT2D eigenvalue weighted by Crippen LogP contribution is -2.26. The summed E-state index contributed by atoms with van der Waals surface area (Å²) in [6.45, 7) is 5.40. The van der Waals surface area contributed by atoms with Crippen molar-refractivity contribution in [3.8, 4) is 0 Å². The van der Waals surface area contributed by atoms with Gasteiger partial charge in [0.15, 0.2) is 11.6 Å². The third-order valence-corrected chi connectivity index (χ3v) is 3.63. The molecule has 0 aliphatic carbocycles. The van der Waals surface area contributed by atoms with Gasteiger partial charge in [-0.1, -0.05) is 24.6 Å². The minimum atomic E-state index is -0.838. The normalized spacial score (nSPS) is 12.6. The van der Waals surface area contributed by atoms with E-state index in [1.54, 1.807) is 12.3 Å². The lowest BCUT2D eigenvalue weighted by atomic mass is 10.0. The zero-order valence-corrected chi connectivity index (χ0v) is 12.8. The van der Waals surface area contributed by atoms with Crippen LogP contribution in [0.4, 0.5) is 8.78 Å². The van der Waals surface area contributed by atoms with E-state index in [0.717, 1.165) is 18.3 Å². The molecule has 1 aromatic heterocycles. The maximum atomic E-state index is 13.3. The van der Waals surface area contributed by atoms with Crippen molar-refractivity contribution >= 4 is 11.6 Å². The van der Waals surface area contributed by atoms with Gasteiger partial charge in [-0.05, 0) is 37.6 Å². The van der Waals surface area contributed by atoms with Gasteiger partial charge >= 0.3 is 0 Å². The molecule has 114 valence electrons. The molecule has 6 heteroatoms. The van der Waals surface area contributed by atoms with Crippen LogP contribution in [-0.4, -0.2) is 16.3 Å². The molecule has 1 N–H and O–H groups in total. The number of likely N-dealkylation sites (N-methyl/N-ethyl adjacent to an activating group) is 1. The molecule has 3 nitrogen and oxygen atoms in total. The largest absolute Gasteiger partial charge is 0.309 e. The van der Waals surface area contributed by atoms with Crippen LogP contribution in [0.15, 0.2) is 24.4 Å². The van der Waals surface area contributed by atoms with Gasteiger partial charge in [-0.2, -0.15) is 5.10 Å². The summed E-state index contributed by atoms with van der Waals surface area (Å²) in [5.41, 5.74) is 1.57. The van der Waals surface area contributed by atoms with Gasteiger partial charge in [-0.3, -0.25) is 4.68 Å². The fourth-order valence-electron chi connectivity index (χ4n) is 2.38. The van der Waals surface area contributed by atoms with Gasteiger partial charge in [-0.25, -0.2) is 8.78 Å². The average Bonchev–Trinajstić information content (AvgIpc) is 2.83. The Morgan fingerprint density at radius 2 is 2.05 bits per heavy atom. The topological polar surface area (TPSA) is 29.9 Å². The minimum absolute atomic E-state index is 0.102. The van der Waals surface area contributed by atoms with Crippen LogP contribution in [0.5, 0.6) is 0 Å². The van der Waals surface area contributed by atoms with Crippen molar-refractivity contribution in [1.82, 2.24) is 15.1 Å². The van der Waals surface area contributed by atoms with Gasteiger partial charge in [0.25, 0.3) is 0 Å². The fraction of sp³-hybridized carbons (Fsp3) is 0.400. The highest BCUT2D eigenvalue weighted by molar-refractivity contribution is 6.31. The summed E-state index contributed by atoms with van der Waals surface area (Å²) in [5.74, 6) is -1.67. The first-order chi connectivity index (χ1) is 10.1.